The van der Waals surface area contributed by atoms with Gasteiger partial charge in [-0.05, 0) is 38.1 Å². The topological polar surface area (TPSA) is 54.6 Å². The zero-order chi connectivity index (χ0) is 14.4. The van der Waals surface area contributed by atoms with Crippen molar-refractivity contribution in [1.29, 1.82) is 0 Å². The fourth-order valence-electron chi connectivity index (χ4n) is 1.85. The van der Waals surface area contributed by atoms with Gasteiger partial charge in [-0.15, -0.1) is 11.3 Å². The summed E-state index contributed by atoms with van der Waals surface area (Å²) >= 11 is 1.78. The highest BCUT2D eigenvalue weighted by atomic mass is 32.1. The van der Waals surface area contributed by atoms with Gasteiger partial charge in [0.15, 0.2) is 0 Å². The molecule has 2 N–H and O–H groups in total. The fourth-order valence-corrected chi connectivity index (χ4v) is 2.75. The molecule has 0 fully saturated rings. The number of furan rings is 1. The van der Waals surface area contributed by atoms with Crippen LogP contribution in [0.15, 0.2) is 34.9 Å². The molecule has 0 aliphatic rings. The first-order chi connectivity index (χ1) is 9.65. The Hall–Kier alpha value is -1.14. The highest BCUT2D eigenvalue weighted by Gasteiger charge is 2.10. The zero-order valence-corrected chi connectivity index (χ0v) is 12.7. The Morgan fingerprint density at radius 1 is 1.40 bits per heavy atom. The van der Waals surface area contributed by atoms with E-state index in [1.807, 2.05) is 12.1 Å². The van der Waals surface area contributed by atoms with E-state index in [1.54, 1.807) is 17.6 Å². The number of rotatable bonds is 8. The van der Waals surface area contributed by atoms with E-state index in [9.17, 15) is 5.11 Å². The Morgan fingerprint density at radius 3 is 2.90 bits per heavy atom. The van der Waals surface area contributed by atoms with E-state index in [0.29, 0.717) is 19.8 Å². The summed E-state index contributed by atoms with van der Waals surface area (Å²) in [6.07, 6.45) is 1.09. The van der Waals surface area contributed by atoms with E-state index in [1.165, 1.54) is 9.75 Å². The number of thiophene rings is 1. The van der Waals surface area contributed by atoms with Crippen molar-refractivity contribution in [1.82, 2.24) is 5.32 Å². The third kappa shape index (κ3) is 4.76. The van der Waals surface area contributed by atoms with Crippen LogP contribution in [0.4, 0.5) is 0 Å². The lowest BCUT2D eigenvalue weighted by atomic mass is 10.2. The lowest BCUT2D eigenvalue weighted by Crippen LogP contribution is -2.31. The molecule has 2 atom stereocenters. The van der Waals surface area contributed by atoms with E-state index in [2.05, 4.69) is 31.3 Å². The van der Waals surface area contributed by atoms with Gasteiger partial charge in [-0.25, -0.2) is 0 Å². The van der Waals surface area contributed by atoms with Gasteiger partial charge < -0.3 is 19.6 Å². The molecule has 0 radical (unpaired) electrons. The van der Waals surface area contributed by atoms with Gasteiger partial charge in [0, 0.05) is 22.3 Å². The Labute approximate surface area is 123 Å². The first kappa shape index (κ1) is 15.3. The Kier molecular flexibility index (Phi) is 5.79. The van der Waals surface area contributed by atoms with Gasteiger partial charge in [-0.3, -0.25) is 0 Å². The van der Waals surface area contributed by atoms with Crippen LogP contribution in [0, 0.1) is 6.92 Å². The van der Waals surface area contributed by atoms with E-state index in [4.69, 9.17) is 9.15 Å². The Morgan fingerprint density at radius 2 is 2.25 bits per heavy atom. The van der Waals surface area contributed by atoms with Crippen LogP contribution in [0.3, 0.4) is 0 Å². The van der Waals surface area contributed by atoms with Crippen LogP contribution in [0.1, 0.15) is 28.5 Å². The summed E-state index contributed by atoms with van der Waals surface area (Å²) in [6, 6.07) is 8.15. The number of hydrogen-bond acceptors (Lipinski definition) is 5. The first-order valence-corrected chi connectivity index (χ1v) is 7.54. The summed E-state index contributed by atoms with van der Waals surface area (Å²) < 4.78 is 10.6. The summed E-state index contributed by atoms with van der Waals surface area (Å²) in [5.41, 5.74) is 0. The second-order valence-electron chi connectivity index (χ2n) is 4.83. The first-order valence-electron chi connectivity index (χ1n) is 6.73. The third-order valence-electron chi connectivity index (χ3n) is 2.98. The van der Waals surface area contributed by atoms with Crippen molar-refractivity contribution in [3.8, 4) is 0 Å². The molecule has 4 nitrogen and oxygen atoms in total. The second-order valence-corrected chi connectivity index (χ2v) is 6.15. The van der Waals surface area contributed by atoms with E-state index in [0.717, 1.165) is 5.76 Å². The molecule has 0 saturated carbocycles. The molecular weight excluding hydrogens is 274 g/mol. The van der Waals surface area contributed by atoms with Crippen molar-refractivity contribution in [2.24, 2.45) is 0 Å². The average molecular weight is 295 g/mol. The zero-order valence-electron chi connectivity index (χ0n) is 11.8. The molecule has 0 aliphatic heterocycles. The van der Waals surface area contributed by atoms with Crippen LogP contribution in [-0.2, 0) is 11.3 Å². The molecule has 2 heterocycles. The van der Waals surface area contributed by atoms with Crippen molar-refractivity contribution >= 4 is 11.3 Å². The summed E-state index contributed by atoms with van der Waals surface area (Å²) in [4.78, 5) is 2.59. The molecule has 0 spiro atoms. The average Bonchev–Trinajstić information content (AvgIpc) is 3.07. The molecule has 0 aromatic carbocycles. The van der Waals surface area contributed by atoms with Crippen LogP contribution in [0.25, 0.3) is 0 Å². The lowest BCUT2D eigenvalue weighted by molar-refractivity contribution is 0.0217. The lowest BCUT2D eigenvalue weighted by Gasteiger charge is -2.16. The smallest absolute Gasteiger partial charge is 0.129 e. The molecule has 2 rings (SSSR count). The Balaban J connectivity index is 1.63. The number of aliphatic hydroxyl groups is 1. The summed E-state index contributed by atoms with van der Waals surface area (Å²) in [5, 5.41) is 13.2. The third-order valence-corrected chi connectivity index (χ3v) is 4.17. The molecule has 20 heavy (non-hydrogen) atoms. The molecule has 2 unspecified atom stereocenters. The van der Waals surface area contributed by atoms with Gasteiger partial charge in [0.05, 0.1) is 19.0 Å². The molecule has 0 aliphatic carbocycles. The summed E-state index contributed by atoms with van der Waals surface area (Å²) in [7, 11) is 0. The van der Waals surface area contributed by atoms with E-state index in [-0.39, 0.29) is 6.04 Å². The molecule has 0 amide bonds. The van der Waals surface area contributed by atoms with Crippen molar-refractivity contribution in [3.63, 3.8) is 0 Å². The van der Waals surface area contributed by atoms with Crippen molar-refractivity contribution in [2.75, 3.05) is 13.2 Å². The minimum Gasteiger partial charge on any atom is -0.467 e. The van der Waals surface area contributed by atoms with Gasteiger partial charge in [0.25, 0.3) is 0 Å². The fraction of sp³-hybridized carbons (Fsp3) is 0.467. The summed E-state index contributed by atoms with van der Waals surface area (Å²) in [5.74, 6) is 0.771. The molecule has 2 aromatic rings. The maximum atomic E-state index is 9.86. The second kappa shape index (κ2) is 7.59. The number of ether oxygens (including phenoxy) is 1. The van der Waals surface area contributed by atoms with Gasteiger partial charge >= 0.3 is 0 Å². The SMILES string of the molecule is Cc1ccc(C(C)NCC(O)COCc2ccco2)s1. The predicted molar refractivity (Wildman–Crippen MR) is 79.8 cm³/mol. The highest BCUT2D eigenvalue weighted by Crippen LogP contribution is 2.22. The normalized spacial score (nSPS) is 14.3. The number of nitrogens with one attached hydrogen (secondary N) is 1. The largest absolute Gasteiger partial charge is 0.467 e. The molecule has 0 saturated heterocycles. The van der Waals surface area contributed by atoms with E-state index >= 15 is 0 Å². The summed E-state index contributed by atoms with van der Waals surface area (Å²) in [6.45, 7) is 5.39. The predicted octanol–water partition coefficient (Wildman–Crippen LogP) is 2.88. The molecular formula is C15H21NO3S. The molecule has 0 bridgehead atoms. The Bertz CT molecular complexity index is 495. The standard InChI is InChI=1S/C15H21NO3S/c1-11-5-6-15(20-11)12(2)16-8-13(17)9-18-10-14-4-3-7-19-14/h3-7,12-13,16-17H,8-10H2,1-2H3. The van der Waals surface area contributed by atoms with Crippen LogP contribution in [0.2, 0.25) is 0 Å². The molecule has 110 valence electrons. The number of hydrogen-bond donors (Lipinski definition) is 2. The number of aliphatic hydroxyl groups excluding tert-OH is 1. The minimum atomic E-state index is -0.520. The van der Waals surface area contributed by atoms with Gasteiger partial charge in [-0.1, -0.05) is 0 Å². The maximum absolute atomic E-state index is 9.86. The van der Waals surface area contributed by atoms with Crippen LogP contribution >= 0.6 is 11.3 Å². The van der Waals surface area contributed by atoms with Crippen molar-refractivity contribution in [3.05, 3.63) is 46.0 Å². The van der Waals surface area contributed by atoms with Crippen molar-refractivity contribution in [2.45, 2.75) is 32.6 Å². The monoisotopic (exact) mass is 295 g/mol. The van der Waals surface area contributed by atoms with Gasteiger partial charge in [0.2, 0.25) is 0 Å². The van der Waals surface area contributed by atoms with Gasteiger partial charge in [0.1, 0.15) is 12.4 Å². The van der Waals surface area contributed by atoms with E-state index < -0.39 is 6.10 Å². The number of aryl methyl sites for hydroxylation is 1. The minimum absolute atomic E-state index is 0.244. The van der Waals surface area contributed by atoms with Crippen molar-refractivity contribution < 1.29 is 14.3 Å². The van der Waals surface area contributed by atoms with Crippen LogP contribution in [0.5, 0.6) is 0 Å². The quantitative estimate of drug-likeness (QED) is 0.786. The van der Waals surface area contributed by atoms with Crippen LogP contribution in [-0.4, -0.2) is 24.4 Å². The molecule has 2 aromatic heterocycles. The maximum Gasteiger partial charge on any atom is 0.129 e. The molecule has 5 heteroatoms. The van der Waals surface area contributed by atoms with Gasteiger partial charge in [-0.2, -0.15) is 0 Å². The highest BCUT2D eigenvalue weighted by molar-refractivity contribution is 7.12. The van der Waals surface area contributed by atoms with Crippen LogP contribution < -0.4 is 5.32 Å².